The van der Waals surface area contributed by atoms with Crippen LogP contribution in [0.1, 0.15) is 23.2 Å². The molecule has 1 heterocycles. The van der Waals surface area contributed by atoms with E-state index in [-0.39, 0.29) is 17.6 Å². The number of primary amides is 1. The summed E-state index contributed by atoms with van der Waals surface area (Å²) in [7, 11) is 1.47. The maximum Gasteiger partial charge on any atom is 0.319 e. The SMILES string of the molecule is COc1cc2[nH+]ccc(Oc3ccc(NC(=O)NC4CC4)c(Cl)c3)c2cc1C(N)=O. The molecule has 30 heavy (non-hydrogen) atoms. The normalized spacial score (nSPS) is 13.0. The second-order valence-electron chi connectivity index (χ2n) is 6.92. The number of H-pyrrole nitrogens is 1. The summed E-state index contributed by atoms with van der Waals surface area (Å²) < 4.78 is 11.2. The zero-order chi connectivity index (χ0) is 21.3. The number of fused-ring (bicyclic) bond motifs is 1. The van der Waals surface area contributed by atoms with E-state index < -0.39 is 5.91 Å². The van der Waals surface area contributed by atoms with E-state index in [9.17, 15) is 9.59 Å². The number of anilines is 1. The number of carbonyl (C=O) groups is 2. The van der Waals surface area contributed by atoms with Crippen LogP contribution in [0.5, 0.6) is 17.2 Å². The molecule has 0 atom stereocenters. The molecule has 5 N–H and O–H groups in total. The topological polar surface area (TPSA) is 117 Å². The highest BCUT2D eigenvalue weighted by molar-refractivity contribution is 6.33. The number of pyridine rings is 1. The van der Waals surface area contributed by atoms with Gasteiger partial charge in [0.15, 0.2) is 6.20 Å². The number of nitrogens with two attached hydrogens (primary N) is 1. The number of hydrogen-bond acceptors (Lipinski definition) is 4. The summed E-state index contributed by atoms with van der Waals surface area (Å²) in [4.78, 5) is 26.8. The van der Waals surface area contributed by atoms with Crippen molar-refractivity contribution in [2.24, 2.45) is 5.73 Å². The lowest BCUT2D eigenvalue weighted by Gasteiger charge is -2.12. The average molecular weight is 428 g/mol. The van der Waals surface area contributed by atoms with Crippen molar-refractivity contribution in [2.75, 3.05) is 12.4 Å². The number of ether oxygens (including phenoxy) is 2. The van der Waals surface area contributed by atoms with Crippen LogP contribution in [-0.4, -0.2) is 25.1 Å². The van der Waals surface area contributed by atoms with Gasteiger partial charge in [0.05, 0.1) is 34.8 Å². The first-order valence-electron chi connectivity index (χ1n) is 9.32. The molecule has 0 spiro atoms. The molecule has 1 aliphatic carbocycles. The lowest BCUT2D eigenvalue weighted by atomic mass is 10.1. The van der Waals surface area contributed by atoms with Gasteiger partial charge in [-0.1, -0.05) is 11.6 Å². The van der Waals surface area contributed by atoms with Gasteiger partial charge in [-0.2, -0.15) is 0 Å². The quantitative estimate of drug-likeness (QED) is 0.558. The van der Waals surface area contributed by atoms with Crippen molar-refractivity contribution in [3.63, 3.8) is 0 Å². The largest absolute Gasteiger partial charge is 0.496 e. The monoisotopic (exact) mass is 427 g/mol. The van der Waals surface area contributed by atoms with Gasteiger partial charge in [0, 0.05) is 18.2 Å². The summed E-state index contributed by atoms with van der Waals surface area (Å²) >= 11 is 6.31. The van der Waals surface area contributed by atoms with E-state index in [1.807, 2.05) is 0 Å². The van der Waals surface area contributed by atoms with Gasteiger partial charge >= 0.3 is 6.03 Å². The first kappa shape index (κ1) is 19.8. The smallest absolute Gasteiger partial charge is 0.319 e. The fourth-order valence-electron chi connectivity index (χ4n) is 3.01. The van der Waals surface area contributed by atoms with Crippen LogP contribution in [0.15, 0.2) is 42.6 Å². The minimum Gasteiger partial charge on any atom is -0.496 e. The Kier molecular flexibility index (Phi) is 5.33. The Labute approximate surface area is 177 Å². The molecule has 0 aliphatic heterocycles. The molecular weight excluding hydrogens is 408 g/mol. The van der Waals surface area contributed by atoms with Crippen LogP contribution in [0.3, 0.4) is 0 Å². The third-order valence-electron chi connectivity index (χ3n) is 4.67. The molecule has 154 valence electrons. The van der Waals surface area contributed by atoms with Crippen LogP contribution in [-0.2, 0) is 0 Å². The number of urea groups is 1. The molecule has 9 heteroatoms. The Morgan fingerprint density at radius 2 is 1.97 bits per heavy atom. The fourth-order valence-corrected chi connectivity index (χ4v) is 3.23. The van der Waals surface area contributed by atoms with E-state index in [0.29, 0.717) is 38.9 Å². The van der Waals surface area contributed by atoms with Gasteiger partial charge in [-0.05, 0) is 31.0 Å². The molecule has 2 aromatic carbocycles. The maximum atomic E-state index is 11.9. The minimum absolute atomic E-state index is 0.244. The van der Waals surface area contributed by atoms with Crippen LogP contribution in [0.4, 0.5) is 10.5 Å². The Morgan fingerprint density at radius 3 is 2.63 bits per heavy atom. The number of amides is 3. The zero-order valence-corrected chi connectivity index (χ0v) is 16.9. The molecule has 3 amide bonds. The van der Waals surface area contributed by atoms with Gasteiger partial charge in [0.25, 0.3) is 5.91 Å². The van der Waals surface area contributed by atoms with Crippen molar-refractivity contribution >= 4 is 40.1 Å². The second kappa shape index (κ2) is 8.08. The number of methoxy groups -OCH3 is 1. The second-order valence-corrected chi connectivity index (χ2v) is 7.33. The summed E-state index contributed by atoms with van der Waals surface area (Å²) in [6.07, 6.45) is 3.71. The molecule has 1 fully saturated rings. The van der Waals surface area contributed by atoms with E-state index >= 15 is 0 Å². The average Bonchev–Trinajstić information content (AvgIpc) is 3.53. The number of rotatable bonds is 6. The molecule has 1 aromatic heterocycles. The van der Waals surface area contributed by atoms with Crippen LogP contribution >= 0.6 is 11.6 Å². The highest BCUT2D eigenvalue weighted by Gasteiger charge is 2.23. The van der Waals surface area contributed by atoms with E-state index in [0.717, 1.165) is 12.8 Å². The molecule has 0 unspecified atom stereocenters. The molecule has 1 aliphatic rings. The van der Waals surface area contributed by atoms with Crippen LogP contribution in [0, 0.1) is 0 Å². The number of benzene rings is 2. The maximum absolute atomic E-state index is 11.9. The van der Waals surface area contributed by atoms with Crippen molar-refractivity contribution in [3.8, 4) is 17.2 Å². The number of aromatic nitrogens is 1. The van der Waals surface area contributed by atoms with Gasteiger partial charge in [-0.3, -0.25) is 4.79 Å². The molecule has 4 rings (SSSR count). The number of halogens is 1. The zero-order valence-electron chi connectivity index (χ0n) is 16.1. The van der Waals surface area contributed by atoms with Crippen molar-refractivity contribution < 1.29 is 24.0 Å². The number of nitrogens with one attached hydrogen (secondary N) is 3. The molecular formula is C21H20ClN4O4+. The summed E-state index contributed by atoms with van der Waals surface area (Å²) in [5.74, 6) is 0.729. The number of hydrogen-bond donors (Lipinski definition) is 3. The molecule has 0 saturated heterocycles. The van der Waals surface area contributed by atoms with Crippen LogP contribution in [0.25, 0.3) is 10.9 Å². The highest BCUT2D eigenvalue weighted by Crippen LogP contribution is 2.34. The van der Waals surface area contributed by atoms with Crippen molar-refractivity contribution in [1.82, 2.24) is 5.32 Å². The van der Waals surface area contributed by atoms with Gasteiger partial charge in [-0.15, -0.1) is 0 Å². The predicted molar refractivity (Wildman–Crippen MR) is 112 cm³/mol. The predicted octanol–water partition coefficient (Wildman–Crippen LogP) is 3.49. The van der Waals surface area contributed by atoms with Gasteiger partial charge in [-0.25, -0.2) is 9.78 Å². The first-order chi connectivity index (χ1) is 14.4. The highest BCUT2D eigenvalue weighted by atomic mass is 35.5. The third-order valence-corrected chi connectivity index (χ3v) is 4.99. The number of aromatic amines is 1. The van der Waals surface area contributed by atoms with Crippen molar-refractivity contribution in [3.05, 3.63) is 53.2 Å². The summed E-state index contributed by atoms with van der Waals surface area (Å²) in [6, 6.07) is 9.95. The molecule has 0 bridgehead atoms. The lowest BCUT2D eigenvalue weighted by Crippen LogP contribution is -2.30. The van der Waals surface area contributed by atoms with Gasteiger partial charge in [0.1, 0.15) is 17.2 Å². The van der Waals surface area contributed by atoms with E-state index in [2.05, 4.69) is 15.6 Å². The summed E-state index contributed by atoms with van der Waals surface area (Å²) in [5.41, 5.74) is 6.90. The Morgan fingerprint density at radius 1 is 1.17 bits per heavy atom. The molecule has 3 aromatic rings. The Bertz CT molecular complexity index is 1150. The molecule has 0 radical (unpaired) electrons. The van der Waals surface area contributed by atoms with Crippen LogP contribution in [0.2, 0.25) is 5.02 Å². The first-order valence-corrected chi connectivity index (χ1v) is 9.69. The standard InChI is InChI=1S/C21H19ClN4O4/c1-29-19-10-17-13(9-14(19)20(23)27)18(6-7-24-17)30-12-4-5-16(15(22)8-12)26-21(28)25-11-2-3-11/h4-11H,2-3H2,1H3,(H2,23,27)(H2,25,26,28)/p+1. The minimum atomic E-state index is -0.605. The molecule has 1 saturated carbocycles. The summed E-state index contributed by atoms with van der Waals surface area (Å²) in [6.45, 7) is 0. The van der Waals surface area contributed by atoms with Crippen LogP contribution < -0.4 is 30.8 Å². The van der Waals surface area contributed by atoms with Crippen molar-refractivity contribution in [2.45, 2.75) is 18.9 Å². The summed E-state index contributed by atoms with van der Waals surface area (Å²) in [5, 5.41) is 6.55. The fraction of sp³-hybridized carbons (Fsp3) is 0.190. The van der Waals surface area contributed by atoms with Crippen molar-refractivity contribution in [1.29, 1.82) is 0 Å². The lowest BCUT2D eigenvalue weighted by molar-refractivity contribution is -0.344. The van der Waals surface area contributed by atoms with E-state index in [4.69, 9.17) is 26.8 Å². The van der Waals surface area contributed by atoms with Gasteiger partial charge in [0.2, 0.25) is 5.52 Å². The van der Waals surface area contributed by atoms with E-state index in [1.165, 1.54) is 7.11 Å². The third kappa shape index (κ3) is 4.23. The van der Waals surface area contributed by atoms with E-state index in [1.54, 1.807) is 42.6 Å². The number of carbonyl (C=O) groups excluding carboxylic acids is 2. The van der Waals surface area contributed by atoms with Gasteiger partial charge < -0.3 is 25.8 Å². The Hall–Kier alpha value is -3.52. The Balaban J connectivity index is 1.60. The molecule has 8 nitrogen and oxygen atoms in total.